The molecule has 43 heavy (non-hydrogen) atoms. The summed E-state index contributed by atoms with van der Waals surface area (Å²) < 4.78 is 6.74. The molecule has 0 radical (unpaired) electrons. The highest BCUT2D eigenvalue weighted by molar-refractivity contribution is 6.36. The molecule has 4 aliphatic rings. The summed E-state index contributed by atoms with van der Waals surface area (Å²) in [5, 5.41) is 22.1. The molecular formula is C32H36ClN7O3. The number of carboxylic acid groups (broad SMARTS) is 1. The molecule has 7 rings (SSSR count). The highest BCUT2D eigenvalue weighted by Crippen LogP contribution is 2.48. The van der Waals surface area contributed by atoms with Gasteiger partial charge in [-0.3, -0.25) is 4.90 Å². The molecule has 2 aromatic carbocycles. The van der Waals surface area contributed by atoms with Gasteiger partial charge in [-0.1, -0.05) is 35.9 Å². The number of amides is 1. The Balaban J connectivity index is 1.26. The molecule has 1 aliphatic carbocycles. The second kappa shape index (κ2) is 11.0. The lowest BCUT2D eigenvalue weighted by molar-refractivity contribution is 0.0757. The first-order valence-corrected chi connectivity index (χ1v) is 15.6. The van der Waals surface area contributed by atoms with Crippen LogP contribution in [-0.4, -0.2) is 88.4 Å². The van der Waals surface area contributed by atoms with Crippen LogP contribution in [-0.2, 0) is 13.0 Å². The fourth-order valence-corrected chi connectivity index (χ4v) is 7.68. The Morgan fingerprint density at radius 3 is 2.67 bits per heavy atom. The van der Waals surface area contributed by atoms with Crippen molar-refractivity contribution in [2.24, 2.45) is 0 Å². The van der Waals surface area contributed by atoms with E-state index in [0.717, 1.165) is 77.3 Å². The number of anilines is 2. The van der Waals surface area contributed by atoms with E-state index >= 15 is 0 Å². The van der Waals surface area contributed by atoms with Crippen LogP contribution >= 0.6 is 11.6 Å². The number of likely N-dealkylation sites (tertiary alicyclic amines) is 1. The lowest BCUT2D eigenvalue weighted by Crippen LogP contribution is -2.55. The van der Waals surface area contributed by atoms with Gasteiger partial charge in [0.25, 0.3) is 0 Å². The minimum atomic E-state index is -0.991. The number of nitrogens with zero attached hydrogens (tertiary/aromatic N) is 7. The summed E-state index contributed by atoms with van der Waals surface area (Å²) >= 11 is 6.71. The maximum absolute atomic E-state index is 11.9. The van der Waals surface area contributed by atoms with Gasteiger partial charge in [0.1, 0.15) is 11.4 Å². The molecule has 1 N–H and O–H groups in total. The standard InChI is InChI=1S/C32H36ClN7O3/c1-37-15-4-9-27(37)32(12-13-32)43-30-35-25-20-38(26-8-3-6-21-5-2-7-24(33)28(21)26)16-11-23(25)29(36-30)39-17-18-40(31(41)42)22(19-39)10-14-34/h2-3,5-8,22,27H,4,9-13,15-20H2,1H3,(H,41,42)/t22?,27-/m0/s1. The Morgan fingerprint density at radius 1 is 1.14 bits per heavy atom. The van der Waals surface area contributed by atoms with E-state index in [9.17, 15) is 15.2 Å². The van der Waals surface area contributed by atoms with Gasteiger partial charge in [0.2, 0.25) is 0 Å². The first-order valence-electron chi connectivity index (χ1n) is 15.2. The third-order valence-corrected chi connectivity index (χ3v) is 10.0. The van der Waals surface area contributed by atoms with Crippen LogP contribution in [0.1, 0.15) is 43.4 Å². The zero-order chi connectivity index (χ0) is 29.7. The molecule has 1 saturated carbocycles. The predicted molar refractivity (Wildman–Crippen MR) is 165 cm³/mol. The molecule has 0 bridgehead atoms. The fraction of sp³-hybridized carbons (Fsp3) is 0.500. The van der Waals surface area contributed by atoms with Crippen LogP contribution < -0.4 is 14.5 Å². The van der Waals surface area contributed by atoms with Crippen LogP contribution in [0.4, 0.5) is 16.3 Å². The first kappa shape index (κ1) is 28.0. The molecule has 2 saturated heterocycles. The van der Waals surface area contributed by atoms with Crippen molar-refractivity contribution < 1.29 is 14.6 Å². The maximum atomic E-state index is 11.9. The molecule has 0 spiro atoms. The average Bonchev–Trinajstić information content (AvgIpc) is 3.64. The smallest absolute Gasteiger partial charge is 0.407 e. The summed E-state index contributed by atoms with van der Waals surface area (Å²) in [5.41, 5.74) is 2.80. The van der Waals surface area contributed by atoms with Crippen LogP contribution in [0.25, 0.3) is 10.8 Å². The van der Waals surface area contributed by atoms with Gasteiger partial charge in [-0.2, -0.15) is 15.2 Å². The summed E-state index contributed by atoms with van der Waals surface area (Å²) in [6.45, 7) is 3.63. The minimum absolute atomic E-state index is 0.131. The molecule has 4 heterocycles. The van der Waals surface area contributed by atoms with Crippen LogP contribution in [0.5, 0.6) is 6.01 Å². The van der Waals surface area contributed by atoms with Crippen molar-refractivity contribution in [1.82, 2.24) is 19.8 Å². The van der Waals surface area contributed by atoms with Crippen LogP contribution in [0.2, 0.25) is 5.02 Å². The number of nitriles is 1. The Kier molecular flexibility index (Phi) is 7.18. The molecular weight excluding hydrogens is 566 g/mol. The van der Waals surface area contributed by atoms with E-state index in [-0.39, 0.29) is 12.0 Å². The SMILES string of the molecule is CN1CCC[C@H]1C1(Oc2nc3c(c(N4CCN(C(=O)O)C(CC#N)C4)n2)CCN(c2cccc4cccc(Cl)c24)C3)CC1. The Labute approximate surface area is 256 Å². The second-order valence-corrected chi connectivity index (χ2v) is 12.7. The number of halogens is 1. The van der Waals surface area contributed by atoms with Gasteiger partial charge < -0.3 is 24.5 Å². The lowest BCUT2D eigenvalue weighted by atomic mass is 10.0. The molecule has 1 amide bonds. The second-order valence-electron chi connectivity index (χ2n) is 12.3. The van der Waals surface area contributed by atoms with Crippen molar-refractivity contribution >= 4 is 40.0 Å². The predicted octanol–water partition coefficient (Wildman–Crippen LogP) is 4.93. The van der Waals surface area contributed by atoms with E-state index < -0.39 is 12.1 Å². The zero-order valence-electron chi connectivity index (χ0n) is 24.4. The number of carbonyl (C=O) groups is 1. The molecule has 1 unspecified atom stereocenters. The number of fused-ring (bicyclic) bond motifs is 2. The van der Waals surface area contributed by atoms with Gasteiger partial charge in [-0.05, 0) is 63.2 Å². The van der Waals surface area contributed by atoms with Gasteiger partial charge in [0, 0.05) is 48.9 Å². The average molecular weight is 602 g/mol. The van der Waals surface area contributed by atoms with Gasteiger partial charge in [-0.25, -0.2) is 4.79 Å². The molecule has 10 nitrogen and oxygen atoms in total. The van der Waals surface area contributed by atoms with Gasteiger partial charge in [0.05, 0.1) is 35.8 Å². The van der Waals surface area contributed by atoms with E-state index in [1.807, 2.05) is 12.1 Å². The third-order valence-electron chi connectivity index (χ3n) is 9.72. The highest BCUT2D eigenvalue weighted by Gasteiger charge is 2.55. The largest absolute Gasteiger partial charge is 0.465 e. The number of benzene rings is 2. The Bertz CT molecular complexity index is 1600. The Morgan fingerprint density at radius 2 is 1.95 bits per heavy atom. The summed E-state index contributed by atoms with van der Waals surface area (Å²) in [7, 11) is 2.17. The first-order chi connectivity index (χ1) is 20.9. The summed E-state index contributed by atoms with van der Waals surface area (Å²) in [4.78, 5) is 30.3. The zero-order valence-corrected chi connectivity index (χ0v) is 25.1. The molecule has 3 aliphatic heterocycles. The quantitative estimate of drug-likeness (QED) is 0.420. The van der Waals surface area contributed by atoms with Crippen LogP contribution in [0, 0.1) is 11.3 Å². The summed E-state index contributed by atoms with van der Waals surface area (Å²) in [6, 6.07) is 14.7. The number of ether oxygens (including phenoxy) is 1. The number of hydrogen-bond donors (Lipinski definition) is 1. The minimum Gasteiger partial charge on any atom is -0.465 e. The van der Waals surface area contributed by atoms with Crippen molar-refractivity contribution in [2.45, 2.75) is 62.8 Å². The van der Waals surface area contributed by atoms with Crippen molar-refractivity contribution in [3.05, 3.63) is 52.7 Å². The molecule has 3 aromatic rings. The molecule has 2 atom stereocenters. The number of likely N-dealkylation sites (N-methyl/N-ethyl adjacent to an activating group) is 1. The number of aromatic nitrogens is 2. The van der Waals surface area contributed by atoms with E-state index in [1.54, 1.807) is 0 Å². The molecule has 11 heteroatoms. The molecule has 224 valence electrons. The van der Waals surface area contributed by atoms with Crippen molar-refractivity contribution in [2.75, 3.05) is 49.6 Å². The highest BCUT2D eigenvalue weighted by atomic mass is 35.5. The third kappa shape index (κ3) is 5.08. The molecule has 1 aromatic heterocycles. The van der Waals surface area contributed by atoms with Gasteiger partial charge in [0.15, 0.2) is 0 Å². The van der Waals surface area contributed by atoms with Gasteiger partial charge >= 0.3 is 12.1 Å². The van der Waals surface area contributed by atoms with Gasteiger partial charge in [-0.15, -0.1) is 0 Å². The van der Waals surface area contributed by atoms with E-state index in [0.29, 0.717) is 38.2 Å². The number of rotatable bonds is 6. The number of hydrogen-bond acceptors (Lipinski definition) is 8. The lowest BCUT2D eigenvalue weighted by Gasteiger charge is -2.41. The Hall–Kier alpha value is -3.81. The van der Waals surface area contributed by atoms with E-state index in [1.165, 1.54) is 11.3 Å². The fourth-order valence-electron chi connectivity index (χ4n) is 7.40. The number of piperazine rings is 1. The van der Waals surface area contributed by atoms with Crippen molar-refractivity contribution in [3.63, 3.8) is 0 Å². The van der Waals surface area contributed by atoms with E-state index in [4.69, 9.17) is 26.3 Å². The van der Waals surface area contributed by atoms with Crippen LogP contribution in [0.15, 0.2) is 36.4 Å². The summed E-state index contributed by atoms with van der Waals surface area (Å²) in [6.07, 6.45) is 4.11. The van der Waals surface area contributed by atoms with Crippen molar-refractivity contribution in [3.8, 4) is 12.1 Å². The van der Waals surface area contributed by atoms with Crippen molar-refractivity contribution in [1.29, 1.82) is 5.26 Å². The normalized spacial score (nSPS) is 23.2. The topological polar surface area (TPSA) is 109 Å². The summed E-state index contributed by atoms with van der Waals surface area (Å²) in [5.74, 6) is 0.805. The monoisotopic (exact) mass is 601 g/mol. The maximum Gasteiger partial charge on any atom is 0.407 e. The van der Waals surface area contributed by atoms with Crippen LogP contribution in [0.3, 0.4) is 0 Å². The van der Waals surface area contributed by atoms with E-state index in [2.05, 4.69) is 52.1 Å². The molecule has 3 fully saturated rings.